The molecule has 36 heavy (non-hydrogen) atoms. The van der Waals surface area contributed by atoms with Gasteiger partial charge in [-0.25, -0.2) is 9.79 Å². The van der Waals surface area contributed by atoms with Crippen LogP contribution in [0.25, 0.3) is 0 Å². The molecule has 0 bridgehead atoms. The van der Waals surface area contributed by atoms with E-state index in [-0.39, 0.29) is 18.2 Å². The minimum Gasteiger partial charge on any atom is -0.456 e. The number of aliphatic imine (C=N–C) groups is 1. The Labute approximate surface area is 221 Å². The number of amidine groups is 1. The van der Waals surface area contributed by atoms with Crippen LogP contribution < -0.4 is 0 Å². The summed E-state index contributed by atoms with van der Waals surface area (Å²) in [4.78, 5) is 48.5. The van der Waals surface area contributed by atoms with E-state index in [0.29, 0.717) is 47.6 Å². The van der Waals surface area contributed by atoms with Crippen molar-refractivity contribution in [2.24, 2.45) is 4.99 Å². The van der Waals surface area contributed by atoms with E-state index in [0.717, 1.165) is 11.3 Å². The molecule has 3 heterocycles. The lowest BCUT2D eigenvalue weighted by molar-refractivity contribution is -0.150. The number of carbonyl (C=O) groups excluding carboxylic acids is 3. The first kappa shape index (κ1) is 26.3. The predicted molar refractivity (Wildman–Crippen MR) is 141 cm³/mol. The number of allylic oxidation sites excluding steroid dienone is 1. The number of thioether (sulfide) groups is 1. The van der Waals surface area contributed by atoms with E-state index in [1.54, 1.807) is 28.9 Å². The molecule has 1 aromatic carbocycles. The van der Waals surface area contributed by atoms with Crippen molar-refractivity contribution in [3.05, 3.63) is 57.2 Å². The zero-order chi connectivity index (χ0) is 26.2. The molecule has 0 spiro atoms. The maximum Gasteiger partial charge on any atom is 0.338 e. The number of hydrogen-bond acceptors (Lipinski definition) is 7. The Morgan fingerprint density at radius 1 is 1.08 bits per heavy atom. The number of halogens is 1. The molecule has 192 valence electrons. The summed E-state index contributed by atoms with van der Waals surface area (Å²) in [6.07, 6.45) is 0.164. The van der Waals surface area contributed by atoms with Crippen LogP contribution >= 0.6 is 23.4 Å². The van der Waals surface area contributed by atoms with E-state index in [4.69, 9.17) is 21.3 Å². The molecule has 0 aromatic heterocycles. The van der Waals surface area contributed by atoms with Gasteiger partial charge in [0.2, 0.25) is 11.8 Å². The summed E-state index contributed by atoms with van der Waals surface area (Å²) in [6, 6.07) is 6.84. The van der Waals surface area contributed by atoms with Gasteiger partial charge in [0.05, 0.1) is 23.7 Å². The average molecular weight is 531 g/mol. The summed E-state index contributed by atoms with van der Waals surface area (Å²) in [5, 5.41) is 3.23. The minimum absolute atomic E-state index is 0.0220. The first-order valence-corrected chi connectivity index (χ1v) is 13.2. The number of benzene rings is 1. The Balaban J connectivity index is 1.63. The molecule has 1 saturated heterocycles. The minimum atomic E-state index is -0.671. The molecule has 4 rings (SSSR count). The number of ether oxygens (including phenoxy) is 1. The predicted octanol–water partition coefficient (Wildman–Crippen LogP) is 4.34. The van der Waals surface area contributed by atoms with Crippen molar-refractivity contribution in [2.45, 2.75) is 52.7 Å². The quantitative estimate of drug-likeness (QED) is 0.539. The van der Waals surface area contributed by atoms with Crippen LogP contribution in [0.4, 0.5) is 0 Å². The number of nitrogens with zero attached hydrogens (tertiary/aromatic N) is 4. The largest absolute Gasteiger partial charge is 0.456 e. The van der Waals surface area contributed by atoms with Crippen LogP contribution in [0.3, 0.4) is 0 Å². The van der Waals surface area contributed by atoms with E-state index in [9.17, 15) is 14.4 Å². The standard InChI is InChI=1S/C26H31ClN4O4S/c1-16-22(24(34)35-26(3,4)5)23(18-6-8-19(27)9-7-18)31-20(15-36-25(31)28-16)14-21(33)30-12-10-29(11-13-30)17(2)32/h6-9,15,23H,10-14H2,1-5H3. The van der Waals surface area contributed by atoms with Crippen LogP contribution in [0.1, 0.15) is 52.6 Å². The van der Waals surface area contributed by atoms with Gasteiger partial charge in [0.15, 0.2) is 5.17 Å². The first-order chi connectivity index (χ1) is 16.9. The molecule has 0 saturated carbocycles. The number of esters is 1. The lowest BCUT2D eigenvalue weighted by Crippen LogP contribution is -2.50. The highest BCUT2D eigenvalue weighted by atomic mass is 35.5. The second kappa shape index (κ2) is 10.3. The monoisotopic (exact) mass is 530 g/mol. The summed E-state index contributed by atoms with van der Waals surface area (Å²) in [6.45, 7) is 10.9. The molecule has 1 atom stereocenters. The zero-order valence-electron chi connectivity index (χ0n) is 21.2. The van der Waals surface area contributed by atoms with Gasteiger partial charge in [-0.15, -0.1) is 0 Å². The summed E-state index contributed by atoms with van der Waals surface area (Å²) in [7, 11) is 0. The SMILES string of the molecule is CC(=O)N1CCN(C(=O)CC2=CSC3=NC(C)=C(C(=O)OC(C)(C)C)C(c4ccc(Cl)cc4)N23)CC1. The van der Waals surface area contributed by atoms with Crippen molar-refractivity contribution in [3.8, 4) is 0 Å². The van der Waals surface area contributed by atoms with Crippen molar-refractivity contribution in [2.75, 3.05) is 26.2 Å². The summed E-state index contributed by atoms with van der Waals surface area (Å²) < 4.78 is 5.76. The van der Waals surface area contributed by atoms with Crippen LogP contribution in [0.2, 0.25) is 5.02 Å². The first-order valence-electron chi connectivity index (χ1n) is 11.9. The highest BCUT2D eigenvalue weighted by Gasteiger charge is 2.42. The van der Waals surface area contributed by atoms with Crippen molar-refractivity contribution >= 4 is 46.3 Å². The molecule has 8 nitrogen and oxygen atoms in total. The molecule has 1 unspecified atom stereocenters. The highest BCUT2D eigenvalue weighted by molar-refractivity contribution is 8.16. The summed E-state index contributed by atoms with van der Waals surface area (Å²) in [5.41, 5.74) is 1.97. The molecular weight excluding hydrogens is 500 g/mol. The highest BCUT2D eigenvalue weighted by Crippen LogP contribution is 2.45. The average Bonchev–Trinajstić information content (AvgIpc) is 3.19. The summed E-state index contributed by atoms with van der Waals surface area (Å²) in [5.74, 6) is -0.439. The third kappa shape index (κ3) is 5.62. The second-order valence-electron chi connectivity index (χ2n) is 10.0. The lowest BCUT2D eigenvalue weighted by atomic mass is 9.93. The zero-order valence-corrected chi connectivity index (χ0v) is 22.8. The van der Waals surface area contributed by atoms with Crippen LogP contribution in [0, 0.1) is 0 Å². The van der Waals surface area contributed by atoms with E-state index in [1.165, 1.54) is 11.8 Å². The maximum atomic E-state index is 13.4. The molecule has 3 aliphatic rings. The van der Waals surface area contributed by atoms with Gasteiger partial charge in [0, 0.05) is 43.8 Å². The van der Waals surface area contributed by atoms with Crippen molar-refractivity contribution in [1.29, 1.82) is 0 Å². The van der Waals surface area contributed by atoms with Crippen LogP contribution in [-0.4, -0.2) is 69.4 Å². The third-order valence-electron chi connectivity index (χ3n) is 6.22. The van der Waals surface area contributed by atoms with Crippen molar-refractivity contribution in [1.82, 2.24) is 14.7 Å². The Bertz CT molecular complexity index is 1160. The van der Waals surface area contributed by atoms with E-state index in [1.807, 2.05) is 50.1 Å². The Hall–Kier alpha value is -2.78. The normalized spacial score (nSPS) is 20.2. The molecule has 1 aromatic rings. The number of hydrogen-bond donors (Lipinski definition) is 0. The molecule has 0 aliphatic carbocycles. The van der Waals surface area contributed by atoms with E-state index < -0.39 is 17.6 Å². The van der Waals surface area contributed by atoms with Gasteiger partial charge in [-0.1, -0.05) is 35.5 Å². The van der Waals surface area contributed by atoms with Crippen LogP contribution in [0.15, 0.2) is 51.6 Å². The number of carbonyl (C=O) groups is 3. The van der Waals surface area contributed by atoms with Gasteiger partial charge in [-0.2, -0.15) is 0 Å². The molecule has 10 heteroatoms. The van der Waals surface area contributed by atoms with E-state index >= 15 is 0 Å². The van der Waals surface area contributed by atoms with Crippen molar-refractivity contribution in [3.63, 3.8) is 0 Å². The van der Waals surface area contributed by atoms with Crippen LogP contribution in [0.5, 0.6) is 0 Å². The Morgan fingerprint density at radius 2 is 1.69 bits per heavy atom. The van der Waals surface area contributed by atoms with Crippen LogP contribution in [-0.2, 0) is 19.1 Å². The number of rotatable bonds is 4. The molecule has 2 amide bonds. The van der Waals surface area contributed by atoms with Gasteiger partial charge in [0.25, 0.3) is 0 Å². The lowest BCUT2D eigenvalue weighted by Gasteiger charge is -2.38. The maximum absolute atomic E-state index is 13.4. The molecule has 0 N–H and O–H groups in total. The number of amides is 2. The van der Waals surface area contributed by atoms with Gasteiger partial charge >= 0.3 is 5.97 Å². The molecule has 1 fully saturated rings. The third-order valence-corrected chi connectivity index (χ3v) is 7.36. The Morgan fingerprint density at radius 3 is 2.28 bits per heavy atom. The fourth-order valence-corrected chi connectivity index (χ4v) is 5.55. The van der Waals surface area contributed by atoms with Gasteiger partial charge in [-0.3, -0.25) is 9.59 Å². The fourth-order valence-electron chi connectivity index (χ4n) is 4.46. The second-order valence-corrected chi connectivity index (χ2v) is 11.3. The topological polar surface area (TPSA) is 82.5 Å². The van der Waals surface area contributed by atoms with Gasteiger partial charge in [0.1, 0.15) is 5.60 Å². The molecule has 3 aliphatic heterocycles. The fraction of sp³-hybridized carbons (Fsp3) is 0.462. The Kier molecular flexibility index (Phi) is 7.52. The van der Waals surface area contributed by atoms with Gasteiger partial charge < -0.3 is 19.4 Å². The summed E-state index contributed by atoms with van der Waals surface area (Å²) >= 11 is 7.60. The number of piperazine rings is 1. The number of fused-ring (bicyclic) bond motifs is 1. The smallest absolute Gasteiger partial charge is 0.338 e. The van der Waals surface area contributed by atoms with Crippen molar-refractivity contribution < 1.29 is 19.1 Å². The molecule has 0 radical (unpaired) electrons. The molecular formula is C26H31ClN4O4S. The van der Waals surface area contributed by atoms with E-state index in [2.05, 4.69) is 0 Å². The van der Waals surface area contributed by atoms with Gasteiger partial charge in [-0.05, 0) is 50.8 Å².